The Hall–Kier alpha value is -0.830. The third-order valence-electron chi connectivity index (χ3n) is 3.20. The van der Waals surface area contributed by atoms with Gasteiger partial charge in [0.05, 0.1) is 19.1 Å². The van der Waals surface area contributed by atoms with Crippen molar-refractivity contribution >= 4 is 5.97 Å². The molecule has 0 bridgehead atoms. The highest BCUT2D eigenvalue weighted by Crippen LogP contribution is 2.38. The molecule has 1 fully saturated rings. The lowest BCUT2D eigenvalue weighted by molar-refractivity contribution is -0.150. The molecule has 0 saturated carbocycles. The molecule has 4 atom stereocenters. The van der Waals surface area contributed by atoms with Crippen LogP contribution in [-0.4, -0.2) is 24.3 Å². The first-order valence-electron chi connectivity index (χ1n) is 4.69. The minimum Gasteiger partial charge on any atom is -0.481 e. The molecular weight excluding hydrogens is 168 g/mol. The van der Waals surface area contributed by atoms with Gasteiger partial charge in [0, 0.05) is 0 Å². The Bertz CT molecular complexity index is 247. The normalized spacial score (nSPS) is 43.2. The maximum absolute atomic E-state index is 10.9. The van der Waals surface area contributed by atoms with Crippen LogP contribution in [0.5, 0.6) is 0 Å². The van der Waals surface area contributed by atoms with E-state index < -0.39 is 5.97 Å². The number of carboxylic acid groups (broad SMARTS) is 1. The van der Waals surface area contributed by atoms with E-state index in [1.807, 2.05) is 0 Å². The van der Waals surface area contributed by atoms with Crippen LogP contribution in [0.15, 0.2) is 12.2 Å². The van der Waals surface area contributed by atoms with Crippen LogP contribution in [0.1, 0.15) is 6.92 Å². The van der Waals surface area contributed by atoms with Gasteiger partial charge in [-0.1, -0.05) is 19.1 Å². The zero-order valence-corrected chi connectivity index (χ0v) is 7.64. The fourth-order valence-electron chi connectivity index (χ4n) is 2.31. The highest BCUT2D eigenvalue weighted by molar-refractivity contribution is 5.71. The lowest BCUT2D eigenvalue weighted by atomic mass is 9.80. The van der Waals surface area contributed by atoms with Crippen molar-refractivity contribution in [2.45, 2.75) is 6.92 Å². The summed E-state index contributed by atoms with van der Waals surface area (Å²) in [5.41, 5.74) is 0. The summed E-state index contributed by atoms with van der Waals surface area (Å²) >= 11 is 0. The zero-order chi connectivity index (χ0) is 9.42. The van der Waals surface area contributed by atoms with Crippen LogP contribution in [0, 0.1) is 23.7 Å². The van der Waals surface area contributed by atoms with E-state index >= 15 is 0 Å². The van der Waals surface area contributed by atoms with Gasteiger partial charge in [-0.25, -0.2) is 0 Å². The van der Waals surface area contributed by atoms with Crippen LogP contribution in [-0.2, 0) is 9.53 Å². The molecule has 2 rings (SSSR count). The van der Waals surface area contributed by atoms with Gasteiger partial charge in [0.15, 0.2) is 0 Å². The third kappa shape index (κ3) is 1.37. The summed E-state index contributed by atoms with van der Waals surface area (Å²) in [7, 11) is 0. The summed E-state index contributed by atoms with van der Waals surface area (Å²) in [6.45, 7) is 3.20. The molecule has 1 saturated heterocycles. The molecule has 1 N–H and O–H groups in total. The van der Waals surface area contributed by atoms with Crippen LogP contribution in [0.3, 0.4) is 0 Å². The predicted molar refractivity (Wildman–Crippen MR) is 47.2 cm³/mol. The Labute approximate surface area is 77.4 Å². The van der Waals surface area contributed by atoms with E-state index in [4.69, 9.17) is 9.84 Å². The molecule has 1 heterocycles. The number of ether oxygens (including phenoxy) is 1. The summed E-state index contributed by atoms with van der Waals surface area (Å²) < 4.78 is 5.31. The largest absolute Gasteiger partial charge is 0.481 e. The van der Waals surface area contributed by atoms with Gasteiger partial charge in [-0.15, -0.1) is 0 Å². The maximum atomic E-state index is 10.9. The Balaban J connectivity index is 2.16. The van der Waals surface area contributed by atoms with Crippen LogP contribution < -0.4 is 0 Å². The summed E-state index contributed by atoms with van der Waals surface area (Å²) in [6, 6.07) is 0. The molecule has 3 nitrogen and oxygen atoms in total. The summed E-state index contributed by atoms with van der Waals surface area (Å²) in [4.78, 5) is 10.9. The highest BCUT2D eigenvalue weighted by Gasteiger charge is 2.41. The van der Waals surface area contributed by atoms with Crippen molar-refractivity contribution in [1.82, 2.24) is 0 Å². The van der Waals surface area contributed by atoms with Gasteiger partial charge in [-0.3, -0.25) is 4.79 Å². The first-order chi connectivity index (χ1) is 6.20. The monoisotopic (exact) mass is 182 g/mol. The van der Waals surface area contributed by atoms with Gasteiger partial charge < -0.3 is 9.84 Å². The standard InChI is InChI=1S/C10H14O3/c1-6-2-3-7-8(6)4-13-5-9(7)10(11)12/h2-3,6-9H,4-5H2,1H3,(H,11,12)/t6-,7?,8?,9?/m0/s1. The molecule has 13 heavy (non-hydrogen) atoms. The Kier molecular flexibility index (Phi) is 2.12. The number of allylic oxidation sites excluding steroid dienone is 2. The minimum absolute atomic E-state index is 0.196. The lowest BCUT2D eigenvalue weighted by Crippen LogP contribution is -2.38. The number of rotatable bonds is 1. The molecule has 0 aromatic heterocycles. The van der Waals surface area contributed by atoms with Crippen molar-refractivity contribution in [1.29, 1.82) is 0 Å². The predicted octanol–water partition coefficient (Wildman–Crippen LogP) is 1.16. The Morgan fingerprint density at radius 1 is 1.46 bits per heavy atom. The van der Waals surface area contributed by atoms with Crippen molar-refractivity contribution < 1.29 is 14.6 Å². The highest BCUT2D eigenvalue weighted by atomic mass is 16.5. The third-order valence-corrected chi connectivity index (χ3v) is 3.20. The zero-order valence-electron chi connectivity index (χ0n) is 7.64. The van der Waals surface area contributed by atoms with Gasteiger partial charge >= 0.3 is 5.97 Å². The molecule has 0 aromatic rings. The number of carboxylic acids is 1. The number of fused-ring (bicyclic) bond motifs is 1. The topological polar surface area (TPSA) is 46.5 Å². The van der Waals surface area contributed by atoms with Gasteiger partial charge in [0.2, 0.25) is 0 Å². The average molecular weight is 182 g/mol. The minimum atomic E-state index is -0.728. The van der Waals surface area contributed by atoms with E-state index in [9.17, 15) is 4.79 Å². The molecule has 1 aliphatic heterocycles. The Morgan fingerprint density at radius 3 is 2.92 bits per heavy atom. The molecule has 72 valence electrons. The first-order valence-corrected chi connectivity index (χ1v) is 4.69. The summed E-state index contributed by atoms with van der Waals surface area (Å²) in [6.07, 6.45) is 4.16. The lowest BCUT2D eigenvalue weighted by Gasteiger charge is -2.32. The van der Waals surface area contributed by atoms with Gasteiger partial charge in [-0.05, 0) is 17.8 Å². The van der Waals surface area contributed by atoms with Crippen LogP contribution in [0.2, 0.25) is 0 Å². The number of hydrogen-bond donors (Lipinski definition) is 1. The van der Waals surface area contributed by atoms with E-state index in [0.717, 1.165) is 0 Å². The molecule has 3 heteroatoms. The molecule has 0 spiro atoms. The second-order valence-electron chi connectivity index (χ2n) is 3.97. The SMILES string of the molecule is C[C@H]1C=CC2C(C(=O)O)COCC21. The van der Waals surface area contributed by atoms with E-state index in [0.29, 0.717) is 25.0 Å². The average Bonchev–Trinajstić information content (AvgIpc) is 2.48. The van der Waals surface area contributed by atoms with Gasteiger partial charge in [-0.2, -0.15) is 0 Å². The Morgan fingerprint density at radius 2 is 2.23 bits per heavy atom. The smallest absolute Gasteiger partial charge is 0.309 e. The fraction of sp³-hybridized carbons (Fsp3) is 0.700. The van der Waals surface area contributed by atoms with E-state index in [2.05, 4.69) is 19.1 Å². The van der Waals surface area contributed by atoms with Crippen LogP contribution in [0.25, 0.3) is 0 Å². The molecule has 0 aromatic carbocycles. The summed E-state index contributed by atoms with van der Waals surface area (Å²) in [5.74, 6) is -0.0170. The molecule has 2 aliphatic rings. The van der Waals surface area contributed by atoms with Gasteiger partial charge in [0.25, 0.3) is 0 Å². The second-order valence-corrected chi connectivity index (χ2v) is 3.97. The van der Waals surface area contributed by atoms with Gasteiger partial charge in [0.1, 0.15) is 0 Å². The van der Waals surface area contributed by atoms with E-state index in [1.54, 1.807) is 0 Å². The number of carbonyl (C=O) groups is 1. The molecule has 0 amide bonds. The first kappa shape index (κ1) is 8.75. The second kappa shape index (κ2) is 3.14. The van der Waals surface area contributed by atoms with Crippen LogP contribution in [0.4, 0.5) is 0 Å². The molecule has 3 unspecified atom stereocenters. The van der Waals surface area contributed by atoms with Crippen molar-refractivity contribution in [3.05, 3.63) is 12.2 Å². The maximum Gasteiger partial charge on any atom is 0.309 e. The number of hydrogen-bond acceptors (Lipinski definition) is 2. The van der Waals surface area contributed by atoms with E-state index in [1.165, 1.54) is 0 Å². The molecule has 1 aliphatic carbocycles. The van der Waals surface area contributed by atoms with Crippen LogP contribution >= 0.6 is 0 Å². The van der Waals surface area contributed by atoms with E-state index in [-0.39, 0.29) is 11.8 Å². The van der Waals surface area contributed by atoms with Crippen molar-refractivity contribution in [3.63, 3.8) is 0 Å². The molecule has 0 radical (unpaired) electrons. The molecular formula is C10H14O3. The number of aliphatic carboxylic acids is 1. The quantitative estimate of drug-likeness (QED) is 0.619. The van der Waals surface area contributed by atoms with Crippen molar-refractivity contribution in [3.8, 4) is 0 Å². The van der Waals surface area contributed by atoms with Crippen molar-refractivity contribution in [2.75, 3.05) is 13.2 Å². The van der Waals surface area contributed by atoms with Crippen molar-refractivity contribution in [2.24, 2.45) is 23.7 Å². The fourth-order valence-corrected chi connectivity index (χ4v) is 2.31. The summed E-state index contributed by atoms with van der Waals surface area (Å²) in [5, 5.41) is 8.96.